The van der Waals surface area contributed by atoms with Gasteiger partial charge in [-0.25, -0.2) is 0 Å². The van der Waals surface area contributed by atoms with Crippen LogP contribution in [0.2, 0.25) is 0 Å². The molecular weight excluding hydrogens is 284 g/mol. The minimum Gasteiger partial charge on any atom is -0.504 e. The molecular formula is C16H12N2O4. The molecule has 0 atom stereocenters. The highest BCUT2D eigenvalue weighted by molar-refractivity contribution is 6.21. The highest BCUT2D eigenvalue weighted by Gasteiger charge is 2.35. The van der Waals surface area contributed by atoms with Gasteiger partial charge in [-0.1, -0.05) is 18.2 Å². The summed E-state index contributed by atoms with van der Waals surface area (Å²) in [4.78, 5) is 24.3. The molecule has 0 saturated heterocycles. The van der Waals surface area contributed by atoms with E-state index in [1.807, 2.05) is 0 Å². The Balaban J connectivity index is 1.92. The number of ether oxygens (including phenoxy) is 1. The first-order valence-electron chi connectivity index (χ1n) is 6.51. The maximum atomic E-state index is 12.1. The zero-order chi connectivity index (χ0) is 15.7. The first-order chi connectivity index (χ1) is 10.6. The number of nitrogens with zero attached hydrogens (tertiary/aromatic N) is 2. The number of hydrogen-bond acceptors (Lipinski definition) is 5. The van der Waals surface area contributed by atoms with E-state index in [1.54, 1.807) is 42.5 Å². The fraction of sp³-hybridized carbons (Fsp3) is 0.0625. The average Bonchev–Trinajstić information content (AvgIpc) is 2.79. The molecule has 2 aromatic carbocycles. The van der Waals surface area contributed by atoms with Crippen LogP contribution in [0.5, 0.6) is 11.5 Å². The quantitative estimate of drug-likeness (QED) is 0.694. The van der Waals surface area contributed by atoms with Crippen molar-refractivity contribution in [2.45, 2.75) is 0 Å². The van der Waals surface area contributed by atoms with Gasteiger partial charge in [0.15, 0.2) is 11.5 Å². The van der Waals surface area contributed by atoms with Gasteiger partial charge in [-0.15, -0.1) is 0 Å². The average molecular weight is 296 g/mol. The summed E-state index contributed by atoms with van der Waals surface area (Å²) in [6, 6.07) is 11.4. The summed E-state index contributed by atoms with van der Waals surface area (Å²) < 4.78 is 4.99. The van der Waals surface area contributed by atoms with Crippen LogP contribution in [0.15, 0.2) is 47.6 Å². The van der Waals surface area contributed by atoms with Crippen molar-refractivity contribution in [2.75, 3.05) is 7.11 Å². The molecule has 0 saturated carbocycles. The number of para-hydroxylation sites is 1. The lowest BCUT2D eigenvalue weighted by atomic mass is 10.1. The molecule has 1 N–H and O–H groups in total. The second kappa shape index (κ2) is 5.33. The van der Waals surface area contributed by atoms with E-state index in [-0.39, 0.29) is 11.5 Å². The minimum atomic E-state index is -0.487. The van der Waals surface area contributed by atoms with E-state index in [1.165, 1.54) is 13.3 Å². The molecule has 110 valence electrons. The lowest BCUT2D eigenvalue weighted by Gasteiger charge is -2.07. The Morgan fingerprint density at radius 1 is 1.05 bits per heavy atom. The number of phenolic OH excluding ortho intramolecular Hbond substituents is 1. The van der Waals surface area contributed by atoms with Crippen LogP contribution in [0.4, 0.5) is 0 Å². The molecule has 0 aliphatic carbocycles. The lowest BCUT2D eigenvalue weighted by molar-refractivity contribution is 0.0660. The third kappa shape index (κ3) is 2.10. The summed E-state index contributed by atoms with van der Waals surface area (Å²) in [5.41, 5.74) is 0.981. The molecule has 0 bridgehead atoms. The molecule has 2 amide bonds. The van der Waals surface area contributed by atoms with Gasteiger partial charge in [0.25, 0.3) is 11.8 Å². The van der Waals surface area contributed by atoms with Crippen LogP contribution in [0.1, 0.15) is 26.3 Å². The normalized spacial score (nSPS) is 13.8. The van der Waals surface area contributed by atoms with Gasteiger partial charge in [-0.2, -0.15) is 10.1 Å². The zero-order valence-electron chi connectivity index (χ0n) is 11.7. The number of hydrazone groups is 1. The predicted octanol–water partition coefficient (Wildman–Crippen LogP) is 2.03. The van der Waals surface area contributed by atoms with E-state index in [0.29, 0.717) is 16.7 Å². The number of carbonyl (C=O) groups excluding carboxylic acids is 2. The predicted molar refractivity (Wildman–Crippen MR) is 79.2 cm³/mol. The molecule has 2 aromatic rings. The van der Waals surface area contributed by atoms with E-state index in [2.05, 4.69) is 5.10 Å². The van der Waals surface area contributed by atoms with Crippen molar-refractivity contribution in [1.29, 1.82) is 0 Å². The van der Waals surface area contributed by atoms with Gasteiger partial charge in [-0.05, 0) is 24.3 Å². The molecule has 1 aliphatic heterocycles. The second-order valence-corrected chi connectivity index (χ2v) is 4.61. The number of hydrogen-bond donors (Lipinski definition) is 1. The summed E-state index contributed by atoms with van der Waals surface area (Å²) in [6.07, 6.45) is 1.25. The zero-order valence-corrected chi connectivity index (χ0v) is 11.7. The van der Waals surface area contributed by atoms with Crippen molar-refractivity contribution in [3.63, 3.8) is 0 Å². The summed E-state index contributed by atoms with van der Waals surface area (Å²) >= 11 is 0. The summed E-state index contributed by atoms with van der Waals surface area (Å²) in [5.74, 6) is -0.796. The number of methoxy groups -OCH3 is 1. The van der Waals surface area contributed by atoms with Crippen LogP contribution in [0.25, 0.3) is 0 Å². The Bertz CT molecular complexity index is 763. The van der Waals surface area contributed by atoms with Crippen LogP contribution in [-0.2, 0) is 0 Å². The molecule has 1 aliphatic rings. The Hall–Kier alpha value is -3.15. The Kier molecular flexibility index (Phi) is 3.34. The standard InChI is InChI=1S/C16H12N2O4/c1-22-13-8-4-5-10(14(13)19)9-17-18-15(20)11-6-2-3-7-12(11)16(18)21/h2-9,19H,1H3/b17-9-. The number of fused-ring (bicyclic) bond motifs is 1. The highest BCUT2D eigenvalue weighted by atomic mass is 16.5. The third-order valence-corrected chi connectivity index (χ3v) is 3.34. The first-order valence-corrected chi connectivity index (χ1v) is 6.51. The van der Waals surface area contributed by atoms with Crippen LogP contribution >= 0.6 is 0 Å². The molecule has 22 heavy (non-hydrogen) atoms. The monoisotopic (exact) mass is 296 g/mol. The largest absolute Gasteiger partial charge is 0.504 e. The molecule has 1 heterocycles. The molecule has 0 radical (unpaired) electrons. The van der Waals surface area contributed by atoms with Crippen molar-refractivity contribution in [3.8, 4) is 11.5 Å². The number of amides is 2. The SMILES string of the molecule is COc1cccc(/C=N\N2C(=O)c3ccccc3C2=O)c1O. The fourth-order valence-corrected chi connectivity index (χ4v) is 2.21. The topological polar surface area (TPSA) is 79.2 Å². The Morgan fingerprint density at radius 3 is 2.27 bits per heavy atom. The smallest absolute Gasteiger partial charge is 0.282 e. The summed E-state index contributed by atoms with van der Waals surface area (Å²) in [6.45, 7) is 0. The number of imide groups is 1. The van der Waals surface area contributed by atoms with Crippen LogP contribution < -0.4 is 4.74 Å². The first kappa shape index (κ1) is 13.8. The van der Waals surface area contributed by atoms with Crippen LogP contribution in [0, 0.1) is 0 Å². The summed E-state index contributed by atoms with van der Waals surface area (Å²) in [7, 11) is 1.43. The maximum absolute atomic E-state index is 12.1. The number of rotatable bonds is 3. The molecule has 6 nitrogen and oxygen atoms in total. The lowest BCUT2D eigenvalue weighted by Crippen LogP contribution is -2.24. The van der Waals surface area contributed by atoms with Gasteiger partial charge in [0.1, 0.15) is 0 Å². The fourth-order valence-electron chi connectivity index (χ4n) is 2.21. The van der Waals surface area contributed by atoms with E-state index in [9.17, 15) is 14.7 Å². The van der Waals surface area contributed by atoms with E-state index < -0.39 is 11.8 Å². The molecule has 0 spiro atoms. The van der Waals surface area contributed by atoms with Crippen LogP contribution in [0.3, 0.4) is 0 Å². The van der Waals surface area contributed by atoms with Gasteiger partial charge < -0.3 is 9.84 Å². The Labute approximate surface area is 126 Å². The number of carbonyl (C=O) groups is 2. The molecule has 6 heteroatoms. The number of phenols is 1. The van der Waals surface area contributed by atoms with E-state index in [0.717, 1.165) is 5.01 Å². The minimum absolute atomic E-state index is 0.106. The van der Waals surface area contributed by atoms with Crippen molar-refractivity contribution in [1.82, 2.24) is 5.01 Å². The van der Waals surface area contributed by atoms with Crippen molar-refractivity contribution < 1.29 is 19.4 Å². The van der Waals surface area contributed by atoms with E-state index >= 15 is 0 Å². The Morgan fingerprint density at radius 2 is 1.68 bits per heavy atom. The molecule has 3 rings (SSSR count). The molecule has 0 aromatic heterocycles. The van der Waals surface area contributed by atoms with Gasteiger partial charge in [0.05, 0.1) is 24.5 Å². The highest BCUT2D eigenvalue weighted by Crippen LogP contribution is 2.28. The molecule has 0 unspecified atom stereocenters. The maximum Gasteiger partial charge on any atom is 0.282 e. The van der Waals surface area contributed by atoms with E-state index in [4.69, 9.17) is 4.74 Å². The number of benzene rings is 2. The van der Waals surface area contributed by atoms with Crippen molar-refractivity contribution in [2.24, 2.45) is 5.10 Å². The third-order valence-electron chi connectivity index (χ3n) is 3.34. The van der Waals surface area contributed by atoms with Crippen LogP contribution in [-0.4, -0.2) is 35.3 Å². The second-order valence-electron chi connectivity index (χ2n) is 4.61. The van der Waals surface area contributed by atoms with Gasteiger partial charge in [-0.3, -0.25) is 9.59 Å². The number of aromatic hydroxyl groups is 1. The van der Waals surface area contributed by atoms with Gasteiger partial charge in [0.2, 0.25) is 0 Å². The molecule has 0 fully saturated rings. The van der Waals surface area contributed by atoms with Crippen molar-refractivity contribution >= 4 is 18.0 Å². The van der Waals surface area contributed by atoms with Gasteiger partial charge >= 0.3 is 0 Å². The summed E-state index contributed by atoms with van der Waals surface area (Å²) in [5, 5.41) is 14.6. The van der Waals surface area contributed by atoms with Crippen molar-refractivity contribution in [3.05, 3.63) is 59.2 Å². The van der Waals surface area contributed by atoms with Gasteiger partial charge in [0, 0.05) is 5.56 Å².